The molecule has 0 aliphatic carbocycles. The van der Waals surface area contributed by atoms with Crippen LogP contribution in [-0.2, 0) is 16.6 Å². The largest absolute Gasteiger partial charge is 0.345 e. The summed E-state index contributed by atoms with van der Waals surface area (Å²) in [5, 5.41) is 6.35. The molecule has 1 unspecified atom stereocenters. The third-order valence-corrected chi connectivity index (χ3v) is 6.68. The maximum absolute atomic E-state index is 13.0. The van der Waals surface area contributed by atoms with Gasteiger partial charge in [0.25, 0.3) is 5.91 Å². The van der Waals surface area contributed by atoms with E-state index in [2.05, 4.69) is 34.2 Å². The maximum atomic E-state index is 13.0. The fourth-order valence-corrected chi connectivity index (χ4v) is 4.79. The topological polar surface area (TPSA) is 103 Å². The zero-order chi connectivity index (χ0) is 22.4. The summed E-state index contributed by atoms with van der Waals surface area (Å²) in [7, 11) is -3.61. The first-order chi connectivity index (χ1) is 14.8. The molecule has 31 heavy (non-hydrogen) atoms. The highest BCUT2D eigenvalue weighted by atomic mass is 32.2. The first kappa shape index (κ1) is 23.2. The summed E-state index contributed by atoms with van der Waals surface area (Å²) >= 11 is 0. The van der Waals surface area contributed by atoms with Crippen molar-refractivity contribution in [2.75, 3.05) is 23.9 Å². The van der Waals surface area contributed by atoms with Gasteiger partial charge in [-0.3, -0.25) is 14.1 Å². The molecule has 2 heterocycles. The van der Waals surface area contributed by atoms with Crippen LogP contribution in [0.5, 0.6) is 0 Å². The van der Waals surface area contributed by atoms with Gasteiger partial charge in [0.1, 0.15) is 0 Å². The van der Waals surface area contributed by atoms with E-state index in [1.54, 1.807) is 18.5 Å². The monoisotopic (exact) mass is 445 g/mol. The maximum Gasteiger partial charge on any atom is 0.301 e. The number of nitrogens with zero attached hydrogens (tertiary/aromatic N) is 2. The van der Waals surface area contributed by atoms with Crippen molar-refractivity contribution in [3.8, 4) is 0 Å². The number of nitrogens with one attached hydrogen (secondary N) is 3. The Morgan fingerprint density at radius 1 is 1.26 bits per heavy atom. The van der Waals surface area contributed by atoms with Crippen LogP contribution < -0.4 is 19.7 Å². The van der Waals surface area contributed by atoms with Gasteiger partial charge in [-0.2, -0.15) is 13.1 Å². The molecule has 0 radical (unpaired) electrons. The average molecular weight is 446 g/mol. The second kappa shape index (κ2) is 10.2. The van der Waals surface area contributed by atoms with Gasteiger partial charge in [-0.1, -0.05) is 19.9 Å². The molecule has 1 atom stereocenters. The van der Waals surface area contributed by atoms with E-state index in [9.17, 15) is 13.2 Å². The van der Waals surface area contributed by atoms with E-state index in [1.807, 2.05) is 31.2 Å². The molecular weight excluding hydrogens is 414 g/mol. The van der Waals surface area contributed by atoms with E-state index in [1.165, 1.54) is 4.31 Å². The highest BCUT2D eigenvalue weighted by molar-refractivity contribution is 7.90. The molecule has 0 bridgehead atoms. The summed E-state index contributed by atoms with van der Waals surface area (Å²) in [6.45, 7) is 7.58. The van der Waals surface area contributed by atoms with E-state index >= 15 is 0 Å². The van der Waals surface area contributed by atoms with Gasteiger partial charge >= 0.3 is 10.2 Å². The second-order valence-corrected chi connectivity index (χ2v) is 9.73. The fourth-order valence-electron chi connectivity index (χ4n) is 3.48. The van der Waals surface area contributed by atoms with Crippen LogP contribution in [0.25, 0.3) is 0 Å². The molecule has 0 saturated carbocycles. The third kappa shape index (κ3) is 6.25. The first-order valence-corrected chi connectivity index (χ1v) is 12.1. The number of hydrogen-bond acceptors (Lipinski definition) is 5. The molecule has 1 aliphatic heterocycles. The summed E-state index contributed by atoms with van der Waals surface area (Å²) < 4.78 is 29.0. The average Bonchev–Trinajstić information content (AvgIpc) is 2.73. The molecule has 3 N–H and O–H groups in total. The molecule has 1 amide bonds. The second-order valence-electron chi connectivity index (χ2n) is 8.05. The van der Waals surface area contributed by atoms with Gasteiger partial charge in [-0.15, -0.1) is 0 Å². The number of carbonyl (C=O) groups is 1. The Labute approximate surface area is 184 Å². The van der Waals surface area contributed by atoms with Gasteiger partial charge in [-0.05, 0) is 61.7 Å². The molecule has 9 heteroatoms. The number of pyridine rings is 1. The van der Waals surface area contributed by atoms with Crippen molar-refractivity contribution in [1.82, 2.24) is 20.3 Å². The molecule has 1 aromatic carbocycles. The fraction of sp³-hybridized carbons (Fsp3) is 0.455. The lowest BCUT2D eigenvalue weighted by molar-refractivity contribution is 0.0939. The van der Waals surface area contributed by atoms with E-state index in [0.29, 0.717) is 43.2 Å². The third-order valence-electron chi connectivity index (χ3n) is 5.14. The van der Waals surface area contributed by atoms with Crippen molar-refractivity contribution in [1.29, 1.82) is 0 Å². The van der Waals surface area contributed by atoms with Crippen molar-refractivity contribution in [2.24, 2.45) is 0 Å². The van der Waals surface area contributed by atoms with E-state index < -0.39 is 10.2 Å². The molecule has 0 spiro atoms. The highest BCUT2D eigenvalue weighted by Gasteiger charge is 2.27. The Bertz CT molecular complexity index is 995. The van der Waals surface area contributed by atoms with Crippen molar-refractivity contribution >= 4 is 21.8 Å². The minimum atomic E-state index is -3.61. The summed E-state index contributed by atoms with van der Waals surface area (Å²) in [4.78, 5) is 17.1. The Hall–Kier alpha value is -2.49. The number of hydrogen-bond donors (Lipinski definition) is 3. The lowest BCUT2D eigenvalue weighted by atomic mass is 10.0. The summed E-state index contributed by atoms with van der Waals surface area (Å²) in [5.41, 5.74) is 2.75. The summed E-state index contributed by atoms with van der Waals surface area (Å²) in [6, 6.07) is 9.19. The predicted molar refractivity (Wildman–Crippen MR) is 122 cm³/mol. The van der Waals surface area contributed by atoms with Crippen LogP contribution in [0.15, 0.2) is 42.7 Å². The van der Waals surface area contributed by atoms with Crippen LogP contribution >= 0.6 is 0 Å². The molecule has 168 valence electrons. The van der Waals surface area contributed by atoms with Gasteiger partial charge in [0, 0.05) is 37.1 Å². The molecular formula is C22H31N5O3S. The van der Waals surface area contributed by atoms with E-state index in [-0.39, 0.29) is 11.9 Å². The van der Waals surface area contributed by atoms with Gasteiger partial charge in [-0.25, -0.2) is 0 Å². The number of aromatic nitrogens is 1. The van der Waals surface area contributed by atoms with Crippen LogP contribution in [0.2, 0.25) is 0 Å². The van der Waals surface area contributed by atoms with Gasteiger partial charge in [0.15, 0.2) is 0 Å². The lowest BCUT2D eigenvalue weighted by Crippen LogP contribution is -2.47. The van der Waals surface area contributed by atoms with E-state index in [0.717, 1.165) is 17.7 Å². The summed E-state index contributed by atoms with van der Waals surface area (Å²) in [5.74, 6) is -0.251. The number of carbonyl (C=O) groups excluding carboxylic acids is 1. The molecule has 1 aromatic heterocycles. The SMILES string of the molecule is CC(C)NCCc1cc(C(=O)NC(C)c2cccnc2)cc(N2CCCNS2(=O)=O)c1. The standard InChI is InChI=1S/C22H31N5O3S/c1-16(2)24-10-7-18-12-20(22(28)26-17(3)19-6-4-8-23-15-19)14-21(13-18)27-11-5-9-25-31(27,29)30/h4,6,8,12-17,24-25H,5,7,9-11H2,1-3H3,(H,26,28). The quantitative estimate of drug-likeness (QED) is 0.578. The Morgan fingerprint density at radius 2 is 2.06 bits per heavy atom. The van der Waals surface area contributed by atoms with Crippen LogP contribution in [0.1, 0.15) is 54.7 Å². The zero-order valence-corrected chi connectivity index (χ0v) is 19.1. The van der Waals surface area contributed by atoms with Gasteiger partial charge in [0.05, 0.1) is 11.7 Å². The van der Waals surface area contributed by atoms with Crippen molar-refractivity contribution in [2.45, 2.75) is 45.7 Å². The summed E-state index contributed by atoms with van der Waals surface area (Å²) in [6.07, 6.45) is 4.80. The smallest absolute Gasteiger partial charge is 0.301 e. The Morgan fingerprint density at radius 3 is 2.74 bits per heavy atom. The first-order valence-electron chi connectivity index (χ1n) is 10.6. The van der Waals surface area contributed by atoms with Crippen molar-refractivity contribution in [3.05, 3.63) is 59.4 Å². The highest BCUT2D eigenvalue weighted by Crippen LogP contribution is 2.24. The number of rotatable bonds is 8. The lowest BCUT2D eigenvalue weighted by Gasteiger charge is -2.29. The van der Waals surface area contributed by atoms with Crippen LogP contribution in [0.4, 0.5) is 5.69 Å². The van der Waals surface area contributed by atoms with Gasteiger partial charge in [0.2, 0.25) is 0 Å². The number of benzene rings is 1. The predicted octanol–water partition coefficient (Wildman–Crippen LogP) is 2.16. The van der Waals surface area contributed by atoms with Crippen LogP contribution in [0, 0.1) is 0 Å². The zero-order valence-electron chi connectivity index (χ0n) is 18.3. The molecule has 3 rings (SSSR count). The number of amides is 1. The minimum Gasteiger partial charge on any atom is -0.345 e. The minimum absolute atomic E-state index is 0.226. The van der Waals surface area contributed by atoms with Crippen molar-refractivity contribution in [3.63, 3.8) is 0 Å². The van der Waals surface area contributed by atoms with Gasteiger partial charge < -0.3 is 10.6 Å². The Kier molecular flexibility index (Phi) is 7.64. The molecule has 1 saturated heterocycles. The molecule has 2 aromatic rings. The van der Waals surface area contributed by atoms with Crippen molar-refractivity contribution < 1.29 is 13.2 Å². The molecule has 8 nitrogen and oxygen atoms in total. The normalized spacial score (nSPS) is 16.8. The van der Waals surface area contributed by atoms with Crippen LogP contribution in [-0.4, -0.2) is 45.0 Å². The molecule has 1 aliphatic rings. The van der Waals surface area contributed by atoms with E-state index in [4.69, 9.17) is 0 Å². The molecule has 1 fully saturated rings. The van der Waals surface area contributed by atoms with Crippen LogP contribution in [0.3, 0.4) is 0 Å². The number of anilines is 1. The Balaban J connectivity index is 1.87.